The lowest BCUT2D eigenvalue weighted by atomic mass is 10.1. The highest BCUT2D eigenvalue weighted by Crippen LogP contribution is 2.34. The molecule has 0 fully saturated rings. The maximum atomic E-state index is 11.8. The Hall–Kier alpha value is -2.85. The first-order valence-electron chi connectivity index (χ1n) is 8.56. The third-order valence-corrected chi connectivity index (χ3v) is 5.31. The molecule has 2 heterocycles. The van der Waals surface area contributed by atoms with E-state index in [2.05, 4.69) is 20.3 Å². The Kier molecular flexibility index (Phi) is 4.35. The number of aromatic nitrogens is 2. The number of carbonyl (C=O) groups is 1. The standard InChI is InChI=1S/C19H18N4O2S/c1-2-25-19(24)21-14-8-16-15-7-12(10-20)3-4-17(15)23(18(16)9-14)11-13-5-6-26-22-13/h3-7,14H,2,8-9,11H2,1H3,(H,21,24). The average molecular weight is 366 g/mol. The van der Waals surface area contributed by atoms with Crippen molar-refractivity contribution in [2.45, 2.75) is 32.4 Å². The molecule has 1 atom stereocenters. The smallest absolute Gasteiger partial charge is 0.407 e. The fraction of sp³-hybridized carbons (Fsp3) is 0.316. The summed E-state index contributed by atoms with van der Waals surface area (Å²) in [5, 5.41) is 15.2. The van der Waals surface area contributed by atoms with Gasteiger partial charge in [-0.25, -0.2) is 4.79 Å². The second-order valence-corrected chi connectivity index (χ2v) is 6.98. The van der Waals surface area contributed by atoms with Crippen molar-refractivity contribution < 1.29 is 9.53 Å². The van der Waals surface area contributed by atoms with Gasteiger partial charge in [-0.05, 0) is 54.7 Å². The van der Waals surface area contributed by atoms with Gasteiger partial charge in [0.15, 0.2) is 0 Å². The van der Waals surface area contributed by atoms with E-state index in [1.54, 1.807) is 6.92 Å². The van der Waals surface area contributed by atoms with Crippen molar-refractivity contribution >= 4 is 28.5 Å². The lowest BCUT2D eigenvalue weighted by Gasteiger charge is -2.14. The van der Waals surface area contributed by atoms with Crippen LogP contribution in [-0.2, 0) is 24.1 Å². The molecule has 2 aromatic heterocycles. The molecule has 0 saturated heterocycles. The van der Waals surface area contributed by atoms with E-state index in [1.165, 1.54) is 22.8 Å². The van der Waals surface area contributed by atoms with Crippen molar-refractivity contribution in [1.82, 2.24) is 14.3 Å². The van der Waals surface area contributed by atoms with E-state index in [-0.39, 0.29) is 12.1 Å². The van der Waals surface area contributed by atoms with Crippen LogP contribution in [0.1, 0.15) is 29.4 Å². The molecule has 6 nitrogen and oxygen atoms in total. The summed E-state index contributed by atoms with van der Waals surface area (Å²) in [5.74, 6) is 0. The number of fused-ring (bicyclic) bond motifs is 3. The van der Waals surface area contributed by atoms with Gasteiger partial charge in [0, 0.05) is 34.4 Å². The van der Waals surface area contributed by atoms with Gasteiger partial charge >= 0.3 is 6.09 Å². The molecule has 1 aliphatic carbocycles. The molecule has 0 saturated carbocycles. The highest BCUT2D eigenvalue weighted by molar-refractivity contribution is 7.03. The minimum atomic E-state index is -0.379. The van der Waals surface area contributed by atoms with E-state index in [0.29, 0.717) is 18.7 Å². The zero-order chi connectivity index (χ0) is 18.1. The van der Waals surface area contributed by atoms with E-state index in [1.807, 2.05) is 29.6 Å². The van der Waals surface area contributed by atoms with Crippen LogP contribution >= 0.6 is 11.5 Å². The largest absolute Gasteiger partial charge is 0.450 e. The van der Waals surface area contributed by atoms with Crippen LogP contribution in [0.4, 0.5) is 4.79 Å². The molecule has 0 radical (unpaired) electrons. The second-order valence-electron chi connectivity index (χ2n) is 6.32. The SMILES string of the molecule is CCOC(=O)NC1Cc2c(n(Cc3ccsn3)c3ccc(C#N)cc23)C1. The van der Waals surface area contributed by atoms with Crippen LogP contribution < -0.4 is 5.32 Å². The molecule has 1 aliphatic rings. The van der Waals surface area contributed by atoms with Crippen molar-refractivity contribution in [2.75, 3.05) is 6.61 Å². The normalized spacial score (nSPS) is 15.6. The van der Waals surface area contributed by atoms with Crippen molar-refractivity contribution in [2.24, 2.45) is 0 Å². The minimum absolute atomic E-state index is 0.0101. The molecule has 3 aromatic rings. The van der Waals surface area contributed by atoms with Gasteiger partial charge in [-0.15, -0.1) is 0 Å². The first kappa shape index (κ1) is 16.6. The number of nitriles is 1. The summed E-state index contributed by atoms with van der Waals surface area (Å²) in [4.78, 5) is 11.8. The lowest BCUT2D eigenvalue weighted by molar-refractivity contribution is 0.148. The molecule has 1 N–H and O–H groups in total. The predicted octanol–water partition coefficient (Wildman–Crippen LogP) is 3.23. The Labute approximate surface area is 155 Å². The molecule has 0 bridgehead atoms. The Morgan fingerprint density at radius 3 is 3.08 bits per heavy atom. The van der Waals surface area contributed by atoms with Gasteiger partial charge in [0.1, 0.15) is 0 Å². The Morgan fingerprint density at radius 1 is 1.46 bits per heavy atom. The predicted molar refractivity (Wildman–Crippen MR) is 99.2 cm³/mol. The monoisotopic (exact) mass is 366 g/mol. The zero-order valence-corrected chi connectivity index (χ0v) is 15.2. The Balaban J connectivity index is 1.72. The van der Waals surface area contributed by atoms with Gasteiger partial charge < -0.3 is 14.6 Å². The van der Waals surface area contributed by atoms with E-state index >= 15 is 0 Å². The molecule has 7 heteroatoms. The third kappa shape index (κ3) is 2.93. The summed E-state index contributed by atoms with van der Waals surface area (Å²) in [6, 6.07) is 10.0. The van der Waals surface area contributed by atoms with Crippen molar-refractivity contribution in [3.8, 4) is 6.07 Å². The average Bonchev–Trinajstić information content (AvgIpc) is 3.33. The summed E-state index contributed by atoms with van der Waals surface area (Å²) in [7, 11) is 0. The molecule has 1 amide bonds. The summed E-state index contributed by atoms with van der Waals surface area (Å²) in [6.45, 7) is 2.84. The van der Waals surface area contributed by atoms with Gasteiger partial charge in [0.2, 0.25) is 0 Å². The number of carbonyl (C=O) groups excluding carboxylic acids is 1. The van der Waals surface area contributed by atoms with Crippen LogP contribution in [0.5, 0.6) is 0 Å². The van der Waals surface area contributed by atoms with Crippen LogP contribution in [-0.4, -0.2) is 27.7 Å². The van der Waals surface area contributed by atoms with E-state index < -0.39 is 0 Å². The van der Waals surface area contributed by atoms with E-state index in [4.69, 9.17) is 4.74 Å². The molecule has 1 aromatic carbocycles. The number of hydrogen-bond donors (Lipinski definition) is 1. The topological polar surface area (TPSA) is 79.9 Å². The third-order valence-electron chi connectivity index (χ3n) is 4.71. The van der Waals surface area contributed by atoms with Crippen molar-refractivity contribution in [3.63, 3.8) is 0 Å². The number of nitrogens with one attached hydrogen (secondary N) is 1. The summed E-state index contributed by atoms with van der Waals surface area (Å²) < 4.78 is 11.7. The highest BCUT2D eigenvalue weighted by atomic mass is 32.1. The van der Waals surface area contributed by atoms with Gasteiger partial charge in [-0.3, -0.25) is 0 Å². The van der Waals surface area contributed by atoms with Crippen molar-refractivity contribution in [1.29, 1.82) is 5.26 Å². The number of nitrogens with zero attached hydrogens (tertiary/aromatic N) is 3. The summed E-state index contributed by atoms with van der Waals surface area (Å²) >= 11 is 1.44. The Bertz CT molecular complexity index is 1000. The highest BCUT2D eigenvalue weighted by Gasteiger charge is 2.30. The second kappa shape index (κ2) is 6.81. The molecule has 0 aliphatic heterocycles. The molecular weight excluding hydrogens is 348 g/mol. The molecule has 26 heavy (non-hydrogen) atoms. The lowest BCUT2D eigenvalue weighted by Crippen LogP contribution is -2.36. The summed E-state index contributed by atoms with van der Waals surface area (Å²) in [5.41, 5.74) is 5.17. The number of alkyl carbamates (subject to hydrolysis) is 1. The fourth-order valence-corrected chi connectivity index (χ4v) is 4.20. The van der Waals surface area contributed by atoms with Crippen LogP contribution in [0.3, 0.4) is 0 Å². The number of benzene rings is 1. The van der Waals surface area contributed by atoms with Gasteiger partial charge in [-0.2, -0.15) is 9.64 Å². The van der Waals surface area contributed by atoms with Crippen LogP contribution in [0.2, 0.25) is 0 Å². The van der Waals surface area contributed by atoms with Crippen molar-refractivity contribution in [3.05, 3.63) is 52.2 Å². The summed E-state index contributed by atoms with van der Waals surface area (Å²) in [6.07, 6.45) is 1.11. The quantitative estimate of drug-likeness (QED) is 0.769. The number of rotatable bonds is 4. The number of hydrogen-bond acceptors (Lipinski definition) is 5. The maximum absolute atomic E-state index is 11.8. The zero-order valence-electron chi connectivity index (χ0n) is 14.4. The molecule has 1 unspecified atom stereocenters. The molecular formula is C19H18N4O2S. The maximum Gasteiger partial charge on any atom is 0.407 e. The number of amides is 1. The van der Waals surface area contributed by atoms with Crippen LogP contribution in [0, 0.1) is 11.3 Å². The fourth-order valence-electron chi connectivity index (χ4n) is 3.66. The van der Waals surface area contributed by atoms with E-state index in [0.717, 1.165) is 29.4 Å². The van der Waals surface area contributed by atoms with Gasteiger partial charge in [-0.1, -0.05) is 0 Å². The van der Waals surface area contributed by atoms with Gasteiger partial charge in [0.05, 0.1) is 30.5 Å². The van der Waals surface area contributed by atoms with Gasteiger partial charge in [0.25, 0.3) is 0 Å². The van der Waals surface area contributed by atoms with Crippen LogP contribution in [0.25, 0.3) is 10.9 Å². The molecule has 132 valence electrons. The minimum Gasteiger partial charge on any atom is -0.450 e. The first-order valence-corrected chi connectivity index (χ1v) is 9.40. The number of ether oxygens (including phenoxy) is 1. The molecule has 0 spiro atoms. The van der Waals surface area contributed by atoms with Crippen LogP contribution in [0.15, 0.2) is 29.6 Å². The first-order chi connectivity index (χ1) is 12.7. The molecule has 4 rings (SSSR count). The Morgan fingerprint density at radius 2 is 2.35 bits per heavy atom. The van der Waals surface area contributed by atoms with E-state index in [9.17, 15) is 10.1 Å².